The van der Waals surface area contributed by atoms with Gasteiger partial charge in [0, 0.05) is 25.5 Å². The molecule has 0 spiro atoms. The van der Waals surface area contributed by atoms with Gasteiger partial charge in [0.1, 0.15) is 5.75 Å². The zero-order valence-electron chi connectivity index (χ0n) is 16.3. The minimum absolute atomic E-state index is 0.0974. The molecule has 0 N–H and O–H groups in total. The number of benzene rings is 1. The van der Waals surface area contributed by atoms with Crippen LogP contribution in [-0.2, 0) is 20.9 Å². The number of aromatic nitrogens is 1. The molecule has 1 unspecified atom stereocenters. The fourth-order valence-electron chi connectivity index (χ4n) is 2.82. The third-order valence-corrected chi connectivity index (χ3v) is 4.30. The van der Waals surface area contributed by atoms with Crippen molar-refractivity contribution in [3.05, 3.63) is 59.4 Å². The van der Waals surface area contributed by atoms with E-state index in [4.69, 9.17) is 9.47 Å². The number of amides is 1. The Labute approximate surface area is 160 Å². The van der Waals surface area contributed by atoms with Gasteiger partial charge in [0.25, 0.3) is 5.91 Å². The number of methoxy groups -OCH3 is 1. The third-order valence-electron chi connectivity index (χ3n) is 4.30. The fraction of sp³-hybridized carbons (Fsp3) is 0.381. The average molecular weight is 370 g/mol. The van der Waals surface area contributed by atoms with Gasteiger partial charge < -0.3 is 14.4 Å². The maximum absolute atomic E-state index is 12.8. The summed E-state index contributed by atoms with van der Waals surface area (Å²) in [6.07, 6.45) is 3.38. The lowest BCUT2D eigenvalue weighted by Crippen LogP contribution is -2.39. The number of ether oxygens (including phenoxy) is 2. The number of para-hydroxylation sites is 1. The highest BCUT2D eigenvalue weighted by molar-refractivity contribution is 5.79. The Balaban J connectivity index is 2.11. The maximum Gasteiger partial charge on any atom is 0.310 e. The fourth-order valence-corrected chi connectivity index (χ4v) is 2.82. The molecule has 0 saturated carbocycles. The van der Waals surface area contributed by atoms with E-state index >= 15 is 0 Å². The molecule has 1 amide bonds. The summed E-state index contributed by atoms with van der Waals surface area (Å²) in [6.45, 7) is 6.13. The second-order valence-electron chi connectivity index (χ2n) is 6.57. The van der Waals surface area contributed by atoms with Crippen molar-refractivity contribution in [3.8, 4) is 5.75 Å². The molecule has 0 fully saturated rings. The molecule has 1 aromatic carbocycles. The molecule has 0 bridgehead atoms. The number of nitrogens with zero attached hydrogens (tertiary/aromatic N) is 2. The molecule has 1 heterocycles. The normalized spacial score (nSPS) is 11.6. The third kappa shape index (κ3) is 5.81. The Morgan fingerprint density at radius 1 is 1.15 bits per heavy atom. The van der Waals surface area contributed by atoms with E-state index in [2.05, 4.69) is 4.98 Å². The Bertz CT molecular complexity index is 757. The molecule has 6 nitrogen and oxygen atoms in total. The van der Waals surface area contributed by atoms with Crippen molar-refractivity contribution in [2.75, 3.05) is 20.3 Å². The van der Waals surface area contributed by atoms with Crippen LogP contribution >= 0.6 is 0 Å². The van der Waals surface area contributed by atoms with Crippen molar-refractivity contribution >= 4 is 11.9 Å². The lowest BCUT2D eigenvalue weighted by Gasteiger charge is -2.25. The van der Waals surface area contributed by atoms with Crippen LogP contribution in [0.1, 0.15) is 23.6 Å². The Morgan fingerprint density at radius 2 is 1.85 bits per heavy atom. The van der Waals surface area contributed by atoms with Gasteiger partial charge in [-0.05, 0) is 36.6 Å². The molecule has 6 heteroatoms. The molecule has 1 aromatic heterocycles. The van der Waals surface area contributed by atoms with Crippen molar-refractivity contribution in [3.63, 3.8) is 0 Å². The van der Waals surface area contributed by atoms with Crippen LogP contribution in [0.2, 0.25) is 0 Å². The minimum atomic E-state index is -0.434. The first-order valence-corrected chi connectivity index (χ1v) is 8.86. The molecule has 0 aliphatic heterocycles. The zero-order chi connectivity index (χ0) is 19.8. The first kappa shape index (κ1) is 20.4. The van der Waals surface area contributed by atoms with Gasteiger partial charge >= 0.3 is 5.97 Å². The summed E-state index contributed by atoms with van der Waals surface area (Å²) in [5, 5.41) is 0. The Morgan fingerprint density at radius 3 is 2.44 bits per heavy atom. The first-order chi connectivity index (χ1) is 12.9. The number of esters is 1. The highest BCUT2D eigenvalue weighted by Gasteiger charge is 2.22. The number of hydrogen-bond acceptors (Lipinski definition) is 5. The van der Waals surface area contributed by atoms with E-state index in [1.165, 1.54) is 7.11 Å². The van der Waals surface area contributed by atoms with Crippen LogP contribution in [0.3, 0.4) is 0 Å². The summed E-state index contributed by atoms with van der Waals surface area (Å²) in [4.78, 5) is 30.3. The minimum Gasteiger partial charge on any atom is -0.483 e. The summed E-state index contributed by atoms with van der Waals surface area (Å²) in [6, 6.07) is 9.54. The van der Waals surface area contributed by atoms with Crippen LogP contribution in [0.15, 0.2) is 42.7 Å². The second kappa shape index (κ2) is 9.71. The van der Waals surface area contributed by atoms with Gasteiger partial charge in [0.05, 0.1) is 13.0 Å². The molecule has 1 atom stereocenters. The summed E-state index contributed by atoms with van der Waals surface area (Å²) in [7, 11) is 1.34. The van der Waals surface area contributed by atoms with Crippen molar-refractivity contribution in [2.24, 2.45) is 5.92 Å². The van der Waals surface area contributed by atoms with Crippen molar-refractivity contribution < 1.29 is 19.1 Å². The van der Waals surface area contributed by atoms with Crippen LogP contribution < -0.4 is 4.74 Å². The molecule has 0 aliphatic rings. The van der Waals surface area contributed by atoms with Gasteiger partial charge in [-0.3, -0.25) is 14.6 Å². The van der Waals surface area contributed by atoms with E-state index in [0.29, 0.717) is 12.3 Å². The highest BCUT2D eigenvalue weighted by atomic mass is 16.5. The number of aryl methyl sites for hydroxylation is 2. The SMILES string of the molecule is COC(=O)C(C)CN(Cc1cccnc1)C(=O)COc1c(C)cccc1C. The maximum atomic E-state index is 12.8. The van der Waals surface area contributed by atoms with E-state index in [-0.39, 0.29) is 25.0 Å². The van der Waals surface area contributed by atoms with E-state index in [1.807, 2.05) is 44.2 Å². The molecule has 2 rings (SSSR count). The largest absolute Gasteiger partial charge is 0.483 e. The molecular weight excluding hydrogens is 344 g/mol. The standard InChI is InChI=1S/C21H26N2O4/c1-15-7-5-8-16(2)20(15)27-14-19(24)23(12-17(3)21(25)26-4)13-18-9-6-10-22-11-18/h5-11,17H,12-14H2,1-4H3. The summed E-state index contributed by atoms with van der Waals surface area (Å²) in [5.74, 6) is -0.268. The van der Waals surface area contributed by atoms with Gasteiger partial charge in [-0.1, -0.05) is 31.2 Å². The van der Waals surface area contributed by atoms with Gasteiger partial charge in [0.15, 0.2) is 6.61 Å². The quantitative estimate of drug-likeness (QED) is 0.668. The van der Waals surface area contributed by atoms with Crippen LogP contribution in [-0.4, -0.2) is 42.0 Å². The molecule has 27 heavy (non-hydrogen) atoms. The Kier molecular flexibility index (Phi) is 7.34. The topological polar surface area (TPSA) is 68.7 Å². The van der Waals surface area contributed by atoms with Gasteiger partial charge in [-0.2, -0.15) is 0 Å². The summed E-state index contributed by atoms with van der Waals surface area (Å²) in [5.41, 5.74) is 2.84. The van der Waals surface area contributed by atoms with Gasteiger partial charge in [0.2, 0.25) is 0 Å². The molecule has 0 aliphatic carbocycles. The number of rotatable bonds is 8. The highest BCUT2D eigenvalue weighted by Crippen LogP contribution is 2.22. The smallest absolute Gasteiger partial charge is 0.310 e. The lowest BCUT2D eigenvalue weighted by molar-refractivity contribution is -0.147. The second-order valence-corrected chi connectivity index (χ2v) is 6.57. The van der Waals surface area contributed by atoms with E-state index in [9.17, 15) is 9.59 Å². The monoisotopic (exact) mass is 370 g/mol. The van der Waals surface area contributed by atoms with Gasteiger partial charge in [-0.25, -0.2) is 0 Å². The van der Waals surface area contributed by atoms with Crippen molar-refractivity contribution in [1.29, 1.82) is 0 Å². The molecule has 0 saturated heterocycles. The van der Waals surface area contributed by atoms with Crippen LogP contribution in [0.25, 0.3) is 0 Å². The summed E-state index contributed by atoms with van der Waals surface area (Å²) >= 11 is 0. The number of carbonyl (C=O) groups is 2. The molecule has 0 radical (unpaired) electrons. The molecule has 144 valence electrons. The van der Waals surface area contributed by atoms with Crippen LogP contribution in [0.4, 0.5) is 0 Å². The van der Waals surface area contributed by atoms with Crippen LogP contribution in [0, 0.1) is 19.8 Å². The first-order valence-electron chi connectivity index (χ1n) is 8.86. The van der Waals surface area contributed by atoms with Gasteiger partial charge in [-0.15, -0.1) is 0 Å². The zero-order valence-corrected chi connectivity index (χ0v) is 16.3. The summed E-state index contributed by atoms with van der Waals surface area (Å²) < 4.78 is 10.6. The van der Waals surface area contributed by atoms with Crippen molar-refractivity contribution in [1.82, 2.24) is 9.88 Å². The van der Waals surface area contributed by atoms with Crippen LogP contribution in [0.5, 0.6) is 5.75 Å². The molecule has 2 aromatic rings. The van der Waals surface area contributed by atoms with E-state index < -0.39 is 5.92 Å². The number of pyridine rings is 1. The number of hydrogen-bond donors (Lipinski definition) is 0. The predicted molar refractivity (Wildman–Crippen MR) is 102 cm³/mol. The predicted octanol–water partition coefficient (Wildman–Crippen LogP) is 2.92. The average Bonchev–Trinajstić information content (AvgIpc) is 2.67. The van der Waals surface area contributed by atoms with Crippen molar-refractivity contribution in [2.45, 2.75) is 27.3 Å². The Hall–Kier alpha value is -2.89. The van der Waals surface area contributed by atoms with E-state index in [0.717, 1.165) is 16.7 Å². The van der Waals surface area contributed by atoms with E-state index in [1.54, 1.807) is 24.2 Å². The number of carbonyl (C=O) groups excluding carboxylic acids is 2. The lowest BCUT2D eigenvalue weighted by atomic mass is 10.1. The molecular formula is C21H26N2O4.